The summed E-state index contributed by atoms with van der Waals surface area (Å²) in [6.45, 7) is 9.24. The number of amides is 2. The topological polar surface area (TPSA) is 73.9 Å². The summed E-state index contributed by atoms with van der Waals surface area (Å²) in [5.41, 5.74) is 2.94. The number of carbonyl (C=O) groups excluding carboxylic acids is 2. The fourth-order valence-electron chi connectivity index (χ4n) is 3.50. The van der Waals surface area contributed by atoms with Crippen molar-refractivity contribution in [3.63, 3.8) is 0 Å². The maximum atomic E-state index is 12.2. The number of hydrogen-bond acceptors (Lipinski definition) is 5. The number of aryl methyl sites for hydroxylation is 1. The Labute approximate surface area is 184 Å². The van der Waals surface area contributed by atoms with Crippen LogP contribution in [0.5, 0.6) is 5.75 Å². The standard InChI is InChI=1S/C24H32N4O3/c1-19-7-6-10-22(20(19)2)26-23(29)17-25-24(30)18-28-13-11-27(12-14-28)15-16-31-21-8-4-3-5-9-21/h3-10H,11-18H2,1-2H3,(H,25,30)(H,26,29). The lowest BCUT2D eigenvalue weighted by atomic mass is 10.1. The Kier molecular flexibility index (Phi) is 8.44. The van der Waals surface area contributed by atoms with E-state index in [2.05, 4.69) is 20.4 Å². The highest BCUT2D eigenvalue weighted by Gasteiger charge is 2.19. The van der Waals surface area contributed by atoms with Crippen molar-refractivity contribution in [3.8, 4) is 5.75 Å². The molecule has 0 spiro atoms. The van der Waals surface area contributed by atoms with E-state index in [1.54, 1.807) is 0 Å². The third kappa shape index (κ3) is 7.38. The van der Waals surface area contributed by atoms with Crippen molar-refractivity contribution < 1.29 is 14.3 Å². The van der Waals surface area contributed by atoms with Gasteiger partial charge < -0.3 is 15.4 Å². The van der Waals surface area contributed by atoms with Crippen molar-refractivity contribution in [3.05, 3.63) is 59.7 Å². The zero-order valence-electron chi connectivity index (χ0n) is 18.4. The number of nitrogens with zero attached hydrogens (tertiary/aromatic N) is 2. The predicted molar refractivity (Wildman–Crippen MR) is 122 cm³/mol. The first kappa shape index (κ1) is 22.8. The van der Waals surface area contributed by atoms with E-state index in [9.17, 15) is 9.59 Å². The fraction of sp³-hybridized carbons (Fsp3) is 0.417. The summed E-state index contributed by atoms with van der Waals surface area (Å²) in [4.78, 5) is 28.9. The van der Waals surface area contributed by atoms with Gasteiger partial charge in [-0.05, 0) is 43.2 Å². The van der Waals surface area contributed by atoms with Crippen LogP contribution in [0, 0.1) is 13.8 Å². The van der Waals surface area contributed by atoms with Crippen LogP contribution < -0.4 is 15.4 Å². The summed E-state index contributed by atoms with van der Waals surface area (Å²) < 4.78 is 5.75. The second-order valence-electron chi connectivity index (χ2n) is 7.85. The molecule has 2 aromatic carbocycles. The molecule has 7 nitrogen and oxygen atoms in total. The molecule has 1 aliphatic heterocycles. The number of carbonyl (C=O) groups is 2. The van der Waals surface area contributed by atoms with E-state index in [-0.39, 0.29) is 18.4 Å². The van der Waals surface area contributed by atoms with E-state index in [1.807, 2.05) is 62.4 Å². The Morgan fingerprint density at radius 3 is 2.35 bits per heavy atom. The monoisotopic (exact) mass is 424 g/mol. The normalized spacial score (nSPS) is 14.8. The van der Waals surface area contributed by atoms with Gasteiger partial charge in [0, 0.05) is 38.4 Å². The third-order valence-electron chi connectivity index (χ3n) is 5.58. The summed E-state index contributed by atoms with van der Waals surface area (Å²) >= 11 is 0. The molecule has 3 rings (SSSR count). The van der Waals surface area contributed by atoms with Crippen LogP contribution in [0.2, 0.25) is 0 Å². The van der Waals surface area contributed by atoms with Crippen LogP contribution in [-0.2, 0) is 9.59 Å². The average Bonchev–Trinajstić information content (AvgIpc) is 2.77. The molecule has 1 fully saturated rings. The van der Waals surface area contributed by atoms with Gasteiger partial charge in [0.05, 0.1) is 13.1 Å². The Morgan fingerprint density at radius 1 is 0.903 bits per heavy atom. The first-order chi connectivity index (χ1) is 15.0. The second kappa shape index (κ2) is 11.5. The third-order valence-corrected chi connectivity index (χ3v) is 5.58. The molecule has 0 bridgehead atoms. The minimum absolute atomic E-state index is 0.0248. The Morgan fingerprint density at radius 2 is 1.61 bits per heavy atom. The Bertz CT molecular complexity index is 864. The van der Waals surface area contributed by atoms with Crippen molar-refractivity contribution in [2.75, 3.05) is 57.7 Å². The van der Waals surface area contributed by atoms with E-state index in [4.69, 9.17) is 4.74 Å². The van der Waals surface area contributed by atoms with E-state index in [0.717, 1.165) is 55.3 Å². The lowest BCUT2D eigenvalue weighted by molar-refractivity contribution is -0.125. The molecule has 2 aromatic rings. The maximum absolute atomic E-state index is 12.2. The number of piperazine rings is 1. The highest BCUT2D eigenvalue weighted by molar-refractivity contribution is 5.95. The zero-order chi connectivity index (χ0) is 22.1. The minimum atomic E-state index is -0.217. The summed E-state index contributed by atoms with van der Waals surface area (Å²) in [7, 11) is 0. The number of ether oxygens (including phenoxy) is 1. The quantitative estimate of drug-likeness (QED) is 0.645. The van der Waals surface area contributed by atoms with Gasteiger partial charge >= 0.3 is 0 Å². The maximum Gasteiger partial charge on any atom is 0.243 e. The lowest BCUT2D eigenvalue weighted by Crippen LogP contribution is -2.50. The molecule has 31 heavy (non-hydrogen) atoms. The van der Waals surface area contributed by atoms with Crippen LogP contribution in [0.3, 0.4) is 0 Å². The molecule has 1 saturated heterocycles. The number of rotatable bonds is 9. The van der Waals surface area contributed by atoms with Gasteiger partial charge in [-0.3, -0.25) is 19.4 Å². The first-order valence-electron chi connectivity index (χ1n) is 10.8. The summed E-state index contributed by atoms with van der Waals surface area (Å²) in [6, 6.07) is 15.6. The molecule has 7 heteroatoms. The number of para-hydroxylation sites is 1. The van der Waals surface area contributed by atoms with E-state index < -0.39 is 0 Å². The predicted octanol–water partition coefficient (Wildman–Crippen LogP) is 2.05. The molecule has 2 amide bonds. The van der Waals surface area contributed by atoms with Gasteiger partial charge in [0.15, 0.2) is 0 Å². The molecule has 1 heterocycles. The van der Waals surface area contributed by atoms with Crippen molar-refractivity contribution >= 4 is 17.5 Å². The van der Waals surface area contributed by atoms with Crippen LogP contribution >= 0.6 is 0 Å². The van der Waals surface area contributed by atoms with Crippen LogP contribution in [0.4, 0.5) is 5.69 Å². The van der Waals surface area contributed by atoms with Gasteiger partial charge in [-0.2, -0.15) is 0 Å². The molecule has 0 unspecified atom stereocenters. The van der Waals surface area contributed by atoms with Crippen LogP contribution in [0.25, 0.3) is 0 Å². The zero-order valence-corrected chi connectivity index (χ0v) is 18.4. The average molecular weight is 425 g/mol. The summed E-state index contributed by atoms with van der Waals surface area (Å²) in [5, 5.41) is 5.58. The summed E-state index contributed by atoms with van der Waals surface area (Å²) in [5.74, 6) is 0.543. The van der Waals surface area contributed by atoms with Gasteiger partial charge in [-0.25, -0.2) is 0 Å². The molecule has 1 aliphatic rings. The molecule has 0 aromatic heterocycles. The molecule has 0 radical (unpaired) electrons. The van der Waals surface area contributed by atoms with Crippen LogP contribution in [0.15, 0.2) is 48.5 Å². The van der Waals surface area contributed by atoms with Crippen LogP contribution in [-0.4, -0.2) is 74.0 Å². The van der Waals surface area contributed by atoms with Crippen molar-refractivity contribution in [2.45, 2.75) is 13.8 Å². The second-order valence-corrected chi connectivity index (χ2v) is 7.85. The molecule has 2 N–H and O–H groups in total. The molecular formula is C24H32N4O3. The van der Waals surface area contributed by atoms with Crippen molar-refractivity contribution in [2.24, 2.45) is 0 Å². The lowest BCUT2D eigenvalue weighted by Gasteiger charge is -2.34. The largest absolute Gasteiger partial charge is 0.492 e. The number of nitrogens with one attached hydrogen (secondary N) is 2. The minimum Gasteiger partial charge on any atom is -0.492 e. The van der Waals surface area contributed by atoms with Gasteiger partial charge in [0.2, 0.25) is 11.8 Å². The van der Waals surface area contributed by atoms with Gasteiger partial charge in [-0.1, -0.05) is 30.3 Å². The Hall–Kier alpha value is -2.90. The van der Waals surface area contributed by atoms with Crippen molar-refractivity contribution in [1.29, 1.82) is 0 Å². The molecule has 0 atom stereocenters. The SMILES string of the molecule is Cc1cccc(NC(=O)CNC(=O)CN2CCN(CCOc3ccccc3)CC2)c1C. The van der Waals surface area contributed by atoms with E-state index in [0.29, 0.717) is 13.2 Å². The number of anilines is 1. The van der Waals surface area contributed by atoms with E-state index in [1.165, 1.54) is 0 Å². The highest BCUT2D eigenvalue weighted by Crippen LogP contribution is 2.17. The molecule has 0 saturated carbocycles. The summed E-state index contributed by atoms with van der Waals surface area (Å²) in [6.07, 6.45) is 0. The Balaban J connectivity index is 1.30. The molecule has 166 valence electrons. The molecule has 0 aliphatic carbocycles. The van der Waals surface area contributed by atoms with Gasteiger partial charge in [0.1, 0.15) is 12.4 Å². The molecular weight excluding hydrogens is 392 g/mol. The first-order valence-corrected chi connectivity index (χ1v) is 10.8. The highest BCUT2D eigenvalue weighted by atomic mass is 16.5. The van der Waals surface area contributed by atoms with Gasteiger partial charge in [0.25, 0.3) is 0 Å². The number of benzene rings is 2. The number of hydrogen-bond donors (Lipinski definition) is 2. The van der Waals surface area contributed by atoms with Crippen molar-refractivity contribution in [1.82, 2.24) is 15.1 Å². The van der Waals surface area contributed by atoms with Gasteiger partial charge in [-0.15, -0.1) is 0 Å². The van der Waals surface area contributed by atoms with E-state index >= 15 is 0 Å². The fourth-order valence-corrected chi connectivity index (χ4v) is 3.50. The van der Waals surface area contributed by atoms with Crippen LogP contribution in [0.1, 0.15) is 11.1 Å². The smallest absolute Gasteiger partial charge is 0.243 e.